The van der Waals surface area contributed by atoms with Crippen molar-refractivity contribution in [1.82, 2.24) is 24.9 Å². The summed E-state index contributed by atoms with van der Waals surface area (Å²) in [5, 5.41) is 6.93. The lowest BCUT2D eigenvalue weighted by atomic mass is 10.1. The van der Waals surface area contributed by atoms with E-state index in [4.69, 9.17) is 9.26 Å². The first-order valence-electron chi connectivity index (χ1n) is 9.25. The van der Waals surface area contributed by atoms with Crippen molar-refractivity contribution in [3.05, 3.63) is 35.7 Å². The van der Waals surface area contributed by atoms with Gasteiger partial charge in [-0.1, -0.05) is 12.1 Å². The van der Waals surface area contributed by atoms with Gasteiger partial charge < -0.3 is 19.1 Å². The van der Waals surface area contributed by atoms with E-state index in [1.165, 1.54) is 0 Å². The molecule has 26 heavy (non-hydrogen) atoms. The van der Waals surface area contributed by atoms with Gasteiger partial charge in [0, 0.05) is 44.5 Å². The molecule has 0 radical (unpaired) electrons. The van der Waals surface area contributed by atoms with Crippen LogP contribution in [0.3, 0.4) is 0 Å². The van der Waals surface area contributed by atoms with E-state index in [0.29, 0.717) is 19.1 Å². The van der Waals surface area contributed by atoms with Crippen molar-refractivity contribution in [2.24, 2.45) is 7.05 Å². The second kappa shape index (κ2) is 7.20. The number of carbonyl (C=O) groups excluding carboxylic acids is 1. The first-order valence-corrected chi connectivity index (χ1v) is 9.25. The summed E-state index contributed by atoms with van der Waals surface area (Å²) in [6.07, 6.45) is 5.81. The fourth-order valence-corrected chi connectivity index (χ4v) is 3.55. The van der Waals surface area contributed by atoms with Crippen LogP contribution in [0, 0.1) is 0 Å². The normalized spacial score (nSPS) is 23.9. The molecule has 4 rings (SSSR count). The first-order chi connectivity index (χ1) is 12.7. The van der Waals surface area contributed by atoms with E-state index < -0.39 is 0 Å². The summed E-state index contributed by atoms with van der Waals surface area (Å²) in [6.45, 7) is 4.92. The highest BCUT2D eigenvalue weighted by molar-refractivity contribution is 5.91. The largest absolute Gasteiger partial charge is 0.373 e. The molecule has 0 bridgehead atoms. The van der Waals surface area contributed by atoms with Gasteiger partial charge in [-0.05, 0) is 19.4 Å². The van der Waals surface area contributed by atoms with E-state index in [-0.39, 0.29) is 23.8 Å². The molecule has 3 heterocycles. The Kier molecular flexibility index (Phi) is 4.78. The number of nitrogens with zero attached hydrogens (tertiary/aromatic N) is 4. The van der Waals surface area contributed by atoms with Gasteiger partial charge >= 0.3 is 0 Å². The second-order valence-corrected chi connectivity index (χ2v) is 6.98. The van der Waals surface area contributed by atoms with Crippen molar-refractivity contribution in [2.45, 2.75) is 37.8 Å². The average molecular weight is 359 g/mol. The molecular weight excluding hydrogens is 334 g/mol. The summed E-state index contributed by atoms with van der Waals surface area (Å²) in [4.78, 5) is 19.3. The van der Waals surface area contributed by atoms with Gasteiger partial charge in [0.15, 0.2) is 0 Å². The quantitative estimate of drug-likeness (QED) is 0.841. The molecule has 8 heteroatoms. The fraction of sp³-hybridized carbons (Fsp3) is 0.611. The summed E-state index contributed by atoms with van der Waals surface area (Å²) >= 11 is 0. The molecule has 0 aromatic carbocycles. The zero-order chi connectivity index (χ0) is 18.1. The molecule has 1 N–H and O–H groups in total. The Balaban J connectivity index is 1.44. The maximum absolute atomic E-state index is 12.4. The minimum Gasteiger partial charge on any atom is -0.373 e. The lowest BCUT2D eigenvalue weighted by Crippen LogP contribution is -2.50. The Labute approximate surface area is 152 Å². The monoisotopic (exact) mass is 359 g/mol. The molecule has 1 amide bonds. The van der Waals surface area contributed by atoms with Crippen LogP contribution < -0.4 is 5.32 Å². The van der Waals surface area contributed by atoms with E-state index in [1.807, 2.05) is 17.8 Å². The molecule has 1 saturated carbocycles. The third-order valence-electron chi connectivity index (χ3n) is 5.20. The predicted molar refractivity (Wildman–Crippen MR) is 93.7 cm³/mol. The Morgan fingerprint density at radius 2 is 2.27 bits per heavy atom. The maximum atomic E-state index is 12.4. The van der Waals surface area contributed by atoms with Gasteiger partial charge in [-0.3, -0.25) is 9.69 Å². The molecule has 0 unspecified atom stereocenters. The van der Waals surface area contributed by atoms with Gasteiger partial charge in [0.2, 0.25) is 5.76 Å². The number of morpholine rings is 1. The van der Waals surface area contributed by atoms with Gasteiger partial charge in [-0.15, -0.1) is 0 Å². The van der Waals surface area contributed by atoms with Crippen LogP contribution in [0.15, 0.2) is 23.0 Å². The van der Waals surface area contributed by atoms with Crippen LogP contribution in [0.25, 0.3) is 0 Å². The minimum absolute atomic E-state index is 0.00537. The van der Waals surface area contributed by atoms with E-state index in [2.05, 4.69) is 27.3 Å². The number of amides is 1. The maximum Gasteiger partial charge on any atom is 0.289 e. The zero-order valence-electron chi connectivity index (χ0n) is 15.2. The lowest BCUT2D eigenvalue weighted by molar-refractivity contribution is -0.0720. The molecule has 2 aliphatic rings. The number of aromatic nitrogens is 3. The summed E-state index contributed by atoms with van der Waals surface area (Å²) in [7, 11) is 1.98. The fourth-order valence-electron chi connectivity index (χ4n) is 3.55. The lowest BCUT2D eigenvalue weighted by Gasteiger charge is -2.40. The standard InChI is InChI=1S/C18H25N5O3/c1-3-23-8-9-25-15(16(23)17-19-6-7-22(17)2)11-20-18(24)14-10-13(21-26-14)12-4-5-12/h6-7,10,12,15-16H,3-5,8-9,11H2,1-2H3,(H,20,24)/t15-,16+/m0/s1. The number of carbonyl (C=O) groups is 1. The Morgan fingerprint density at radius 3 is 2.96 bits per heavy atom. The molecule has 140 valence electrons. The van der Waals surface area contributed by atoms with Crippen LogP contribution in [-0.2, 0) is 11.8 Å². The van der Waals surface area contributed by atoms with Crippen molar-refractivity contribution >= 4 is 5.91 Å². The number of rotatable bonds is 6. The third kappa shape index (κ3) is 3.39. The summed E-state index contributed by atoms with van der Waals surface area (Å²) < 4.78 is 13.2. The SMILES string of the molecule is CCN1CCO[C@@H](CNC(=O)c2cc(C3CC3)no2)[C@@H]1c1nccn1C. The minimum atomic E-state index is -0.250. The van der Waals surface area contributed by atoms with Crippen molar-refractivity contribution in [1.29, 1.82) is 0 Å². The van der Waals surface area contributed by atoms with Crippen LogP contribution in [0.1, 0.15) is 53.8 Å². The van der Waals surface area contributed by atoms with E-state index in [0.717, 1.165) is 37.4 Å². The highest BCUT2D eigenvalue weighted by Crippen LogP contribution is 2.39. The number of imidazole rings is 1. The number of likely N-dealkylation sites (N-methyl/N-ethyl adjacent to an activating group) is 1. The van der Waals surface area contributed by atoms with E-state index >= 15 is 0 Å². The molecular formula is C18H25N5O3. The second-order valence-electron chi connectivity index (χ2n) is 6.98. The van der Waals surface area contributed by atoms with Gasteiger partial charge in [0.25, 0.3) is 5.91 Å². The molecule has 2 aromatic rings. The highest BCUT2D eigenvalue weighted by atomic mass is 16.5. The smallest absolute Gasteiger partial charge is 0.289 e. The van der Waals surface area contributed by atoms with Crippen LogP contribution in [0.5, 0.6) is 0 Å². The molecule has 2 atom stereocenters. The van der Waals surface area contributed by atoms with E-state index in [9.17, 15) is 4.79 Å². The topological polar surface area (TPSA) is 85.4 Å². The number of aryl methyl sites for hydroxylation is 1. The molecule has 2 aromatic heterocycles. The number of hydrogen-bond acceptors (Lipinski definition) is 6. The summed E-state index contributed by atoms with van der Waals surface area (Å²) in [5.41, 5.74) is 0.882. The molecule has 1 aliphatic heterocycles. The number of hydrogen-bond donors (Lipinski definition) is 1. The Morgan fingerprint density at radius 1 is 1.42 bits per heavy atom. The molecule has 8 nitrogen and oxygen atoms in total. The van der Waals surface area contributed by atoms with Crippen molar-refractivity contribution in [3.63, 3.8) is 0 Å². The van der Waals surface area contributed by atoms with Crippen LogP contribution in [-0.4, -0.2) is 57.9 Å². The van der Waals surface area contributed by atoms with Crippen molar-refractivity contribution in [3.8, 4) is 0 Å². The van der Waals surface area contributed by atoms with Gasteiger partial charge in [0.1, 0.15) is 5.82 Å². The first kappa shape index (κ1) is 17.2. The Hall–Kier alpha value is -2.19. The number of nitrogens with one attached hydrogen (secondary N) is 1. The summed E-state index contributed by atoms with van der Waals surface area (Å²) in [5.74, 6) is 1.43. The highest BCUT2D eigenvalue weighted by Gasteiger charge is 2.36. The van der Waals surface area contributed by atoms with Gasteiger partial charge in [0.05, 0.1) is 24.4 Å². The van der Waals surface area contributed by atoms with Crippen molar-refractivity contribution in [2.75, 3.05) is 26.2 Å². The average Bonchev–Trinajstić information content (AvgIpc) is 3.23. The summed E-state index contributed by atoms with van der Waals surface area (Å²) in [6, 6.07) is 1.76. The van der Waals surface area contributed by atoms with Crippen LogP contribution >= 0.6 is 0 Å². The molecule has 1 aliphatic carbocycles. The Bertz CT molecular complexity index is 766. The van der Waals surface area contributed by atoms with Gasteiger partial charge in [-0.2, -0.15) is 0 Å². The third-order valence-corrected chi connectivity index (χ3v) is 5.20. The van der Waals surface area contributed by atoms with Gasteiger partial charge in [-0.25, -0.2) is 4.98 Å². The van der Waals surface area contributed by atoms with E-state index in [1.54, 1.807) is 12.3 Å². The number of ether oxygens (including phenoxy) is 1. The van der Waals surface area contributed by atoms with Crippen molar-refractivity contribution < 1.29 is 14.1 Å². The molecule has 0 spiro atoms. The molecule has 1 saturated heterocycles. The predicted octanol–water partition coefficient (Wildman–Crippen LogP) is 1.48. The zero-order valence-corrected chi connectivity index (χ0v) is 15.2. The molecule has 2 fully saturated rings. The van der Waals surface area contributed by atoms with Crippen LogP contribution in [0.2, 0.25) is 0 Å². The van der Waals surface area contributed by atoms with Crippen LogP contribution in [0.4, 0.5) is 0 Å².